The normalized spacial score (nSPS) is 12.1. The summed E-state index contributed by atoms with van der Waals surface area (Å²) in [5.74, 6) is -0.438. The SMILES string of the molecule is CCC(CC)(Cc1c(SC(C)(C)C)c2cc(OCc3ccc(C)nn3)ccc2n1Cc1ccc(-c2ccc(F)cn2)cc1)C(=O)O. The largest absolute Gasteiger partial charge is 0.487 e. The standard InChI is InChI=1S/C37H41FN4O3S/c1-7-37(8-2,35(43)44)20-33-34(46-36(4,5)6)30-19-29(45-23-28-15-9-24(3)40-41-28)16-18-32(30)42(33)22-25-10-12-26(13-11-25)31-17-14-27(38)21-39-31/h9-19,21H,7-8,20,22-23H2,1-6H3,(H,43,44). The van der Waals surface area contributed by atoms with Crippen LogP contribution in [0.15, 0.2) is 77.8 Å². The van der Waals surface area contributed by atoms with Gasteiger partial charge >= 0.3 is 5.97 Å². The van der Waals surface area contributed by atoms with E-state index in [1.807, 2.05) is 51.1 Å². The van der Waals surface area contributed by atoms with Crippen molar-refractivity contribution in [3.8, 4) is 17.0 Å². The third-order valence-corrected chi connectivity index (χ3v) is 9.64. The Morgan fingerprint density at radius 3 is 2.30 bits per heavy atom. The maximum Gasteiger partial charge on any atom is 0.310 e. The Morgan fingerprint density at radius 2 is 1.72 bits per heavy atom. The molecular formula is C37H41FN4O3S. The molecule has 2 aromatic carbocycles. The second-order valence-electron chi connectivity index (χ2n) is 12.7. The van der Waals surface area contributed by atoms with Gasteiger partial charge in [-0.3, -0.25) is 9.78 Å². The number of rotatable bonds is 12. The summed E-state index contributed by atoms with van der Waals surface area (Å²) in [5, 5.41) is 19.9. The Bertz CT molecular complexity index is 1810. The molecule has 0 saturated carbocycles. The van der Waals surface area contributed by atoms with Crippen molar-refractivity contribution in [2.75, 3.05) is 0 Å². The highest BCUT2D eigenvalue weighted by Crippen LogP contribution is 2.45. The van der Waals surface area contributed by atoms with Crippen LogP contribution in [0.2, 0.25) is 0 Å². The lowest BCUT2D eigenvalue weighted by Gasteiger charge is -2.29. The number of aromatic nitrogens is 4. The van der Waals surface area contributed by atoms with Crippen molar-refractivity contribution in [3.05, 3.63) is 101 Å². The quantitative estimate of drug-likeness (QED) is 0.136. The van der Waals surface area contributed by atoms with E-state index < -0.39 is 11.4 Å². The lowest BCUT2D eigenvalue weighted by Crippen LogP contribution is -2.33. The second-order valence-corrected chi connectivity index (χ2v) is 14.6. The van der Waals surface area contributed by atoms with Crippen molar-refractivity contribution >= 4 is 28.6 Å². The molecule has 0 fully saturated rings. The van der Waals surface area contributed by atoms with Gasteiger partial charge in [0.25, 0.3) is 0 Å². The number of aryl methyl sites for hydroxylation is 1. The molecule has 0 unspecified atom stereocenters. The van der Waals surface area contributed by atoms with Crippen LogP contribution in [0.5, 0.6) is 5.75 Å². The number of carbonyl (C=O) groups is 1. The van der Waals surface area contributed by atoms with Crippen LogP contribution in [0, 0.1) is 18.2 Å². The molecule has 7 nitrogen and oxygen atoms in total. The molecule has 3 aromatic heterocycles. The molecule has 0 radical (unpaired) electrons. The number of hydrogen-bond acceptors (Lipinski definition) is 6. The molecule has 0 amide bonds. The summed E-state index contributed by atoms with van der Waals surface area (Å²) in [6.45, 7) is 13.2. The van der Waals surface area contributed by atoms with Crippen molar-refractivity contribution in [1.82, 2.24) is 19.7 Å². The Labute approximate surface area is 274 Å². The molecule has 0 atom stereocenters. The predicted molar refractivity (Wildman–Crippen MR) is 182 cm³/mol. The van der Waals surface area contributed by atoms with Gasteiger partial charge in [-0.1, -0.05) is 58.9 Å². The van der Waals surface area contributed by atoms with Crippen LogP contribution < -0.4 is 4.74 Å². The van der Waals surface area contributed by atoms with E-state index in [0.717, 1.165) is 44.0 Å². The van der Waals surface area contributed by atoms with Gasteiger partial charge in [0.1, 0.15) is 23.9 Å². The molecule has 0 saturated heterocycles. The van der Waals surface area contributed by atoms with Gasteiger partial charge in [-0.15, -0.1) is 11.8 Å². The van der Waals surface area contributed by atoms with E-state index in [1.54, 1.807) is 17.8 Å². The van der Waals surface area contributed by atoms with Crippen molar-refractivity contribution in [3.63, 3.8) is 0 Å². The van der Waals surface area contributed by atoms with E-state index in [4.69, 9.17) is 4.74 Å². The minimum atomic E-state index is -0.902. The Hall–Kier alpha value is -4.24. The minimum absolute atomic E-state index is 0.129. The maximum atomic E-state index is 13.4. The van der Waals surface area contributed by atoms with E-state index in [2.05, 4.69) is 64.8 Å². The number of benzene rings is 2. The third kappa shape index (κ3) is 7.41. The third-order valence-electron chi connectivity index (χ3n) is 8.37. The summed E-state index contributed by atoms with van der Waals surface area (Å²) in [6, 6.07) is 21.1. The smallest absolute Gasteiger partial charge is 0.310 e. The zero-order valence-corrected chi connectivity index (χ0v) is 28.1. The van der Waals surface area contributed by atoms with E-state index in [0.29, 0.717) is 37.3 Å². The van der Waals surface area contributed by atoms with Crippen molar-refractivity contribution < 1.29 is 19.0 Å². The first-order valence-electron chi connectivity index (χ1n) is 15.6. The molecule has 5 aromatic rings. The Kier molecular flexibility index (Phi) is 9.82. The summed E-state index contributed by atoms with van der Waals surface area (Å²) in [6.07, 6.45) is 2.66. The summed E-state index contributed by atoms with van der Waals surface area (Å²) in [5.41, 5.74) is 5.36. The number of halogens is 1. The van der Waals surface area contributed by atoms with Gasteiger partial charge in [-0.2, -0.15) is 10.2 Å². The monoisotopic (exact) mass is 640 g/mol. The zero-order valence-electron chi connectivity index (χ0n) is 27.3. The zero-order chi connectivity index (χ0) is 33.1. The van der Waals surface area contributed by atoms with Crippen molar-refractivity contribution in [2.45, 2.75) is 83.6 Å². The number of carboxylic acids is 1. The summed E-state index contributed by atoms with van der Waals surface area (Å²) < 4.78 is 21.8. The number of thioether (sulfide) groups is 1. The van der Waals surface area contributed by atoms with Crippen LogP contribution in [-0.4, -0.2) is 35.6 Å². The topological polar surface area (TPSA) is 90.1 Å². The average Bonchev–Trinajstić information content (AvgIpc) is 3.29. The molecule has 0 aliphatic rings. The highest BCUT2D eigenvalue weighted by molar-refractivity contribution is 8.00. The summed E-state index contributed by atoms with van der Waals surface area (Å²) >= 11 is 1.76. The minimum Gasteiger partial charge on any atom is -0.487 e. The highest BCUT2D eigenvalue weighted by atomic mass is 32.2. The molecule has 0 spiro atoms. The maximum absolute atomic E-state index is 13.4. The van der Waals surface area contributed by atoms with Gasteiger partial charge in [0.05, 0.1) is 23.0 Å². The molecule has 0 aliphatic heterocycles. The number of carboxylic acid groups (broad SMARTS) is 1. The number of ether oxygens (including phenoxy) is 1. The van der Waals surface area contributed by atoms with Crippen LogP contribution >= 0.6 is 11.8 Å². The van der Waals surface area contributed by atoms with Gasteiger partial charge in [-0.05, 0) is 67.8 Å². The summed E-state index contributed by atoms with van der Waals surface area (Å²) in [7, 11) is 0. The number of hydrogen-bond donors (Lipinski definition) is 1. The first-order valence-corrected chi connectivity index (χ1v) is 16.4. The van der Waals surface area contributed by atoms with E-state index >= 15 is 0 Å². The second kappa shape index (κ2) is 13.6. The summed E-state index contributed by atoms with van der Waals surface area (Å²) in [4.78, 5) is 18.1. The first-order chi connectivity index (χ1) is 21.9. The van der Waals surface area contributed by atoms with Crippen molar-refractivity contribution in [1.29, 1.82) is 0 Å². The number of nitrogens with zero attached hydrogens (tertiary/aromatic N) is 4. The van der Waals surface area contributed by atoms with Gasteiger partial charge in [0, 0.05) is 44.8 Å². The van der Waals surface area contributed by atoms with Crippen LogP contribution in [0.4, 0.5) is 4.39 Å². The molecule has 0 aliphatic carbocycles. The van der Waals surface area contributed by atoms with Crippen LogP contribution in [0.3, 0.4) is 0 Å². The molecular weight excluding hydrogens is 599 g/mol. The molecule has 0 bridgehead atoms. The molecule has 9 heteroatoms. The predicted octanol–water partition coefficient (Wildman–Crippen LogP) is 8.89. The number of fused-ring (bicyclic) bond motifs is 1. The average molecular weight is 641 g/mol. The van der Waals surface area contributed by atoms with E-state index in [-0.39, 0.29) is 17.2 Å². The van der Waals surface area contributed by atoms with Gasteiger partial charge < -0.3 is 14.4 Å². The fourth-order valence-electron chi connectivity index (χ4n) is 5.59. The van der Waals surface area contributed by atoms with Gasteiger partial charge in [0.2, 0.25) is 0 Å². The van der Waals surface area contributed by atoms with Gasteiger partial charge in [0.15, 0.2) is 0 Å². The molecule has 1 N–H and O–H groups in total. The molecule has 5 rings (SSSR count). The number of aliphatic carboxylic acids is 1. The Morgan fingerprint density at radius 1 is 0.978 bits per heavy atom. The van der Waals surface area contributed by atoms with Crippen LogP contribution in [-0.2, 0) is 24.4 Å². The van der Waals surface area contributed by atoms with E-state index in [1.165, 1.54) is 12.3 Å². The fraction of sp³-hybridized carbons (Fsp3) is 0.351. The lowest BCUT2D eigenvalue weighted by molar-refractivity contribution is -0.149. The van der Waals surface area contributed by atoms with Crippen molar-refractivity contribution in [2.24, 2.45) is 5.41 Å². The van der Waals surface area contributed by atoms with Gasteiger partial charge in [-0.25, -0.2) is 4.39 Å². The van der Waals surface area contributed by atoms with Crippen LogP contribution in [0.25, 0.3) is 22.2 Å². The number of pyridine rings is 1. The molecule has 46 heavy (non-hydrogen) atoms. The lowest BCUT2D eigenvalue weighted by atomic mass is 9.78. The fourth-order valence-corrected chi connectivity index (χ4v) is 6.78. The first kappa shape index (κ1) is 33.1. The van der Waals surface area contributed by atoms with E-state index in [9.17, 15) is 14.3 Å². The highest BCUT2D eigenvalue weighted by Gasteiger charge is 2.38. The molecule has 240 valence electrons. The molecule has 3 heterocycles. The van der Waals surface area contributed by atoms with Crippen LogP contribution in [0.1, 0.15) is 70.1 Å². The Balaban J connectivity index is 1.61.